The van der Waals surface area contributed by atoms with Crippen molar-refractivity contribution in [2.45, 2.75) is 12.8 Å². The molecule has 0 spiro atoms. The molecule has 20 heavy (non-hydrogen) atoms. The van der Waals surface area contributed by atoms with Crippen LogP contribution in [-0.2, 0) is 6.42 Å². The standard InChI is InChI=1S/C16H14O4/c17-14(10-9-11-5-2-1-3-6-11)12-7-4-8-13(15(12)18)16(19)20/h1-8,18H,9-10H2,(H,19,20). The van der Waals surface area contributed by atoms with E-state index >= 15 is 0 Å². The van der Waals surface area contributed by atoms with Crippen LogP contribution in [0.3, 0.4) is 0 Å². The van der Waals surface area contributed by atoms with E-state index in [0.29, 0.717) is 6.42 Å². The van der Waals surface area contributed by atoms with Crippen molar-refractivity contribution in [3.8, 4) is 5.75 Å². The Hall–Kier alpha value is -2.62. The third kappa shape index (κ3) is 3.03. The van der Waals surface area contributed by atoms with Gasteiger partial charge in [0.25, 0.3) is 0 Å². The third-order valence-electron chi connectivity index (χ3n) is 3.05. The number of ketones is 1. The lowest BCUT2D eigenvalue weighted by Crippen LogP contribution is -2.05. The smallest absolute Gasteiger partial charge is 0.339 e. The molecule has 0 bridgehead atoms. The Morgan fingerprint density at radius 1 is 0.900 bits per heavy atom. The molecule has 0 aliphatic carbocycles. The number of hydrogen-bond donors (Lipinski definition) is 2. The number of carbonyl (C=O) groups is 2. The quantitative estimate of drug-likeness (QED) is 0.819. The van der Waals surface area contributed by atoms with Crippen LogP contribution in [0.5, 0.6) is 5.75 Å². The van der Waals surface area contributed by atoms with Crippen molar-refractivity contribution in [1.82, 2.24) is 0 Å². The van der Waals surface area contributed by atoms with E-state index in [1.165, 1.54) is 18.2 Å². The summed E-state index contributed by atoms with van der Waals surface area (Å²) in [7, 11) is 0. The maximum absolute atomic E-state index is 12.1. The van der Waals surface area contributed by atoms with Crippen LogP contribution in [0.2, 0.25) is 0 Å². The Balaban J connectivity index is 2.14. The molecule has 2 N–H and O–H groups in total. The number of para-hydroxylation sites is 1. The molecule has 102 valence electrons. The van der Waals surface area contributed by atoms with Gasteiger partial charge in [-0.15, -0.1) is 0 Å². The number of hydrogen-bond acceptors (Lipinski definition) is 3. The summed E-state index contributed by atoms with van der Waals surface area (Å²) in [4.78, 5) is 23.0. The number of carboxylic acids is 1. The Morgan fingerprint density at radius 2 is 1.55 bits per heavy atom. The minimum atomic E-state index is -1.25. The molecule has 0 amide bonds. The highest BCUT2D eigenvalue weighted by Gasteiger charge is 2.17. The van der Waals surface area contributed by atoms with Gasteiger partial charge in [0.2, 0.25) is 0 Å². The highest BCUT2D eigenvalue weighted by atomic mass is 16.4. The zero-order valence-electron chi connectivity index (χ0n) is 10.7. The van der Waals surface area contributed by atoms with Gasteiger partial charge in [0.1, 0.15) is 11.3 Å². The summed E-state index contributed by atoms with van der Waals surface area (Å²) in [6, 6.07) is 13.7. The predicted molar refractivity (Wildman–Crippen MR) is 74.2 cm³/mol. The molecule has 0 aliphatic rings. The lowest BCUT2D eigenvalue weighted by molar-refractivity contribution is 0.0693. The number of aryl methyl sites for hydroxylation is 1. The number of Topliss-reactive ketones (excluding diaryl/α,β-unsaturated/α-hetero) is 1. The number of carbonyl (C=O) groups excluding carboxylic acids is 1. The van der Waals surface area contributed by atoms with Crippen molar-refractivity contribution in [2.24, 2.45) is 0 Å². The topological polar surface area (TPSA) is 74.6 Å². The molecule has 0 heterocycles. The second-order valence-corrected chi connectivity index (χ2v) is 4.42. The molecule has 0 atom stereocenters. The predicted octanol–water partition coefficient (Wildman–Crippen LogP) is 2.91. The third-order valence-corrected chi connectivity index (χ3v) is 3.05. The van der Waals surface area contributed by atoms with Gasteiger partial charge < -0.3 is 10.2 Å². The van der Waals surface area contributed by atoms with E-state index in [1.54, 1.807) is 0 Å². The van der Waals surface area contributed by atoms with Crippen LogP contribution in [0.4, 0.5) is 0 Å². The van der Waals surface area contributed by atoms with Crippen LogP contribution in [0.15, 0.2) is 48.5 Å². The molecule has 2 aromatic rings. The number of aromatic hydroxyl groups is 1. The van der Waals surface area contributed by atoms with Crippen LogP contribution in [0.1, 0.15) is 32.7 Å². The molecule has 0 saturated heterocycles. The second-order valence-electron chi connectivity index (χ2n) is 4.42. The highest BCUT2D eigenvalue weighted by molar-refractivity contribution is 6.02. The molecular formula is C16H14O4. The largest absolute Gasteiger partial charge is 0.506 e. The van der Waals surface area contributed by atoms with Crippen molar-refractivity contribution in [3.05, 3.63) is 65.2 Å². The van der Waals surface area contributed by atoms with Crippen molar-refractivity contribution < 1.29 is 19.8 Å². The van der Waals surface area contributed by atoms with Gasteiger partial charge >= 0.3 is 5.97 Å². The molecular weight excluding hydrogens is 256 g/mol. The summed E-state index contributed by atoms with van der Waals surface area (Å²) >= 11 is 0. The Morgan fingerprint density at radius 3 is 2.20 bits per heavy atom. The van der Waals surface area contributed by atoms with Gasteiger partial charge in [0, 0.05) is 6.42 Å². The minimum absolute atomic E-state index is 0.0563. The fourth-order valence-corrected chi connectivity index (χ4v) is 1.98. The van der Waals surface area contributed by atoms with Crippen LogP contribution in [0, 0.1) is 0 Å². The fraction of sp³-hybridized carbons (Fsp3) is 0.125. The molecule has 4 heteroatoms. The van der Waals surface area contributed by atoms with Gasteiger partial charge in [-0.05, 0) is 24.1 Å². The summed E-state index contributed by atoms with van der Waals surface area (Å²) in [6.07, 6.45) is 0.775. The fourth-order valence-electron chi connectivity index (χ4n) is 1.98. The summed E-state index contributed by atoms with van der Waals surface area (Å²) < 4.78 is 0. The molecule has 2 aromatic carbocycles. The Bertz CT molecular complexity index is 632. The molecule has 0 aliphatic heterocycles. The monoisotopic (exact) mass is 270 g/mol. The van der Waals surface area contributed by atoms with Gasteiger partial charge in [-0.3, -0.25) is 4.79 Å². The average Bonchev–Trinajstić information content (AvgIpc) is 2.46. The van der Waals surface area contributed by atoms with Crippen molar-refractivity contribution in [2.75, 3.05) is 0 Å². The maximum atomic E-state index is 12.1. The Labute approximate surface area is 116 Å². The van der Waals surface area contributed by atoms with Crippen molar-refractivity contribution in [3.63, 3.8) is 0 Å². The summed E-state index contributed by atoms with van der Waals surface area (Å²) in [5, 5.41) is 18.7. The van der Waals surface area contributed by atoms with Crippen LogP contribution in [-0.4, -0.2) is 22.0 Å². The summed E-state index contributed by atoms with van der Waals surface area (Å²) in [5.41, 5.74) is 0.825. The summed E-state index contributed by atoms with van der Waals surface area (Å²) in [6.45, 7) is 0. The van der Waals surface area contributed by atoms with Crippen LogP contribution in [0.25, 0.3) is 0 Å². The number of aromatic carboxylic acids is 1. The molecule has 0 aromatic heterocycles. The van der Waals surface area contributed by atoms with E-state index in [0.717, 1.165) is 5.56 Å². The zero-order valence-corrected chi connectivity index (χ0v) is 10.7. The molecule has 0 radical (unpaired) electrons. The van der Waals surface area contributed by atoms with E-state index < -0.39 is 11.7 Å². The number of rotatable bonds is 5. The van der Waals surface area contributed by atoms with E-state index in [-0.39, 0.29) is 23.3 Å². The van der Waals surface area contributed by atoms with E-state index in [9.17, 15) is 14.7 Å². The first kappa shape index (κ1) is 13.8. The SMILES string of the molecule is O=C(O)c1cccc(C(=O)CCc2ccccc2)c1O. The highest BCUT2D eigenvalue weighted by Crippen LogP contribution is 2.24. The van der Waals surface area contributed by atoms with E-state index in [2.05, 4.69) is 0 Å². The van der Waals surface area contributed by atoms with Crippen LogP contribution < -0.4 is 0 Å². The molecule has 0 unspecified atom stereocenters. The van der Waals surface area contributed by atoms with Crippen molar-refractivity contribution in [1.29, 1.82) is 0 Å². The van der Waals surface area contributed by atoms with E-state index in [4.69, 9.17) is 5.11 Å². The summed E-state index contributed by atoms with van der Waals surface area (Å²) in [5.74, 6) is -1.98. The Kier molecular flexibility index (Phi) is 4.15. The molecule has 4 nitrogen and oxygen atoms in total. The first-order valence-corrected chi connectivity index (χ1v) is 6.22. The van der Waals surface area contributed by atoms with Gasteiger partial charge in [-0.2, -0.15) is 0 Å². The number of benzene rings is 2. The lowest BCUT2D eigenvalue weighted by Gasteiger charge is -2.06. The first-order chi connectivity index (χ1) is 9.59. The average molecular weight is 270 g/mol. The minimum Gasteiger partial charge on any atom is -0.506 e. The van der Waals surface area contributed by atoms with Gasteiger partial charge in [0.05, 0.1) is 5.56 Å². The van der Waals surface area contributed by atoms with Gasteiger partial charge in [0.15, 0.2) is 5.78 Å². The maximum Gasteiger partial charge on any atom is 0.339 e. The normalized spacial score (nSPS) is 10.2. The van der Waals surface area contributed by atoms with Gasteiger partial charge in [-0.25, -0.2) is 4.79 Å². The number of phenols is 1. The molecule has 0 fully saturated rings. The zero-order chi connectivity index (χ0) is 14.5. The lowest BCUT2D eigenvalue weighted by atomic mass is 10.00. The first-order valence-electron chi connectivity index (χ1n) is 6.22. The molecule has 0 saturated carbocycles. The number of carboxylic acid groups (broad SMARTS) is 1. The van der Waals surface area contributed by atoms with Crippen LogP contribution >= 0.6 is 0 Å². The second kappa shape index (κ2) is 6.02. The van der Waals surface area contributed by atoms with Crippen molar-refractivity contribution >= 4 is 11.8 Å². The van der Waals surface area contributed by atoms with E-state index in [1.807, 2.05) is 30.3 Å². The van der Waals surface area contributed by atoms with Gasteiger partial charge in [-0.1, -0.05) is 36.4 Å². The molecule has 2 rings (SSSR count).